The molecule has 0 amide bonds. The minimum absolute atomic E-state index is 0.238. The maximum Gasteiger partial charge on any atom is 0.376 e. The molecule has 0 aliphatic rings. The highest BCUT2D eigenvalue weighted by molar-refractivity contribution is 6.46. The van der Waals surface area contributed by atoms with Crippen LogP contribution >= 0.6 is 0 Å². The predicted octanol–water partition coefficient (Wildman–Crippen LogP) is 1.25. The molecule has 0 radical (unpaired) electrons. The van der Waals surface area contributed by atoms with Gasteiger partial charge in [0.15, 0.2) is 0 Å². The summed E-state index contributed by atoms with van der Waals surface area (Å²) in [5.74, 6) is 0.238. The molecule has 0 fully saturated rings. The van der Waals surface area contributed by atoms with Gasteiger partial charge in [-0.2, -0.15) is 0 Å². The first-order valence-corrected chi connectivity index (χ1v) is 19.3. The second-order valence-electron chi connectivity index (χ2n) is 14.0. The van der Waals surface area contributed by atoms with Crippen molar-refractivity contribution < 1.29 is 30.1 Å². The Kier molecular flexibility index (Phi) is 31.2. The quantitative estimate of drug-likeness (QED) is 0.0154. The van der Waals surface area contributed by atoms with E-state index in [2.05, 4.69) is 30.1 Å². The summed E-state index contributed by atoms with van der Waals surface area (Å²) < 4.78 is 0. The van der Waals surface area contributed by atoms with E-state index < -0.39 is 42.3 Å². The molecule has 50 heavy (non-hydrogen) atoms. The number of azide groups is 1. The first-order valence-electron chi connectivity index (χ1n) is 19.3. The van der Waals surface area contributed by atoms with Gasteiger partial charge >= 0.3 is 42.3 Å². The van der Waals surface area contributed by atoms with Gasteiger partial charge < -0.3 is 59.8 Å². The molecule has 0 spiro atoms. The minimum atomic E-state index is -0.608. The van der Waals surface area contributed by atoms with E-state index >= 15 is 0 Å². The molecule has 8 N–H and O–H groups in total. The third-order valence-electron chi connectivity index (χ3n) is 9.19. The fraction of sp³-hybridized carbons (Fsp3) is 1.00. The van der Waals surface area contributed by atoms with Gasteiger partial charge in [0.05, 0.1) is 0 Å². The lowest BCUT2D eigenvalue weighted by Crippen LogP contribution is -2.47. The Labute approximate surface area is 306 Å². The molecule has 286 valence electrons. The molecule has 21 heteroatoms. The van der Waals surface area contributed by atoms with Crippen LogP contribution in [0.5, 0.6) is 0 Å². The van der Waals surface area contributed by atoms with Crippen LogP contribution in [0.2, 0.25) is 40.9 Å². The molecule has 0 saturated heterocycles. The van der Waals surface area contributed by atoms with E-state index in [9.17, 15) is 30.1 Å². The van der Waals surface area contributed by atoms with Crippen molar-refractivity contribution in [1.82, 2.24) is 29.7 Å². The van der Waals surface area contributed by atoms with Gasteiger partial charge in [-0.25, -0.2) is 0 Å². The number of nitrogens with zero attached hydrogens (tertiary/aromatic N) is 7. The third kappa shape index (κ3) is 27.8. The number of nitrogens with one attached hydrogen (secondary N) is 2. The second kappa shape index (κ2) is 31.7. The van der Waals surface area contributed by atoms with Crippen molar-refractivity contribution in [1.29, 1.82) is 0 Å². The number of unbranched alkanes of at least 4 members (excludes halogenated alkanes) is 5. The summed E-state index contributed by atoms with van der Waals surface area (Å²) in [6.45, 7) is 18.3. The SMILES string of the molecule is CB(O)NCCCN(CCCCN(CC(CCCCCCN=[N+]=[N-])CN(CCCCN(CCCNB(C)O)B(C)O)B(C)O)B(C)O)B(C)O. The molecule has 0 bridgehead atoms. The molecule has 15 nitrogen and oxygen atoms in total. The van der Waals surface area contributed by atoms with Gasteiger partial charge in [0, 0.05) is 11.5 Å². The van der Waals surface area contributed by atoms with Crippen LogP contribution in [0, 0.1) is 5.92 Å². The molecule has 0 aromatic carbocycles. The van der Waals surface area contributed by atoms with Crippen LogP contribution in [-0.2, 0) is 0 Å². The normalized spacial score (nSPS) is 11.6. The molecule has 0 aromatic rings. The van der Waals surface area contributed by atoms with Crippen LogP contribution in [0.4, 0.5) is 0 Å². The highest BCUT2D eigenvalue weighted by Crippen LogP contribution is 2.17. The Balaban J connectivity index is 5.22. The van der Waals surface area contributed by atoms with Crippen molar-refractivity contribution in [3.05, 3.63) is 10.4 Å². The van der Waals surface area contributed by atoms with Gasteiger partial charge in [0.25, 0.3) is 0 Å². The van der Waals surface area contributed by atoms with E-state index in [4.69, 9.17) is 5.53 Å². The van der Waals surface area contributed by atoms with E-state index in [0.29, 0.717) is 32.7 Å². The van der Waals surface area contributed by atoms with Crippen LogP contribution in [0.3, 0.4) is 0 Å². The zero-order valence-electron chi connectivity index (χ0n) is 32.4. The fourth-order valence-corrected chi connectivity index (χ4v) is 6.20. The van der Waals surface area contributed by atoms with Crippen LogP contribution < -0.4 is 10.5 Å². The second-order valence-corrected chi connectivity index (χ2v) is 14.0. The van der Waals surface area contributed by atoms with E-state index in [1.54, 1.807) is 27.3 Å². The van der Waals surface area contributed by atoms with Crippen LogP contribution in [0.25, 0.3) is 10.4 Å². The van der Waals surface area contributed by atoms with E-state index in [-0.39, 0.29) is 5.92 Å². The predicted molar refractivity (Wildman–Crippen MR) is 214 cm³/mol. The Morgan fingerprint density at radius 1 is 0.520 bits per heavy atom. The summed E-state index contributed by atoms with van der Waals surface area (Å²) in [5, 5.41) is 70.5. The first-order chi connectivity index (χ1) is 23.8. The summed E-state index contributed by atoms with van der Waals surface area (Å²) in [6, 6.07) is 0. The lowest BCUT2D eigenvalue weighted by atomic mass is 9.80. The molecule has 0 aromatic heterocycles. The van der Waals surface area contributed by atoms with Crippen LogP contribution in [0.15, 0.2) is 5.11 Å². The largest absolute Gasteiger partial charge is 0.437 e. The number of rotatable bonds is 35. The average molecular weight is 707 g/mol. The van der Waals surface area contributed by atoms with Gasteiger partial charge in [-0.1, -0.05) is 24.4 Å². The molecule has 0 unspecified atom stereocenters. The summed E-state index contributed by atoms with van der Waals surface area (Å²) in [6.07, 6.45) is 10.0. The molecule has 0 saturated carbocycles. The minimum Gasteiger partial charge on any atom is -0.437 e. The topological polar surface area (TPSA) is 207 Å². The summed E-state index contributed by atoms with van der Waals surface area (Å²) in [5.41, 5.74) is 8.54. The Hall–Kier alpha value is -0.780. The zero-order chi connectivity index (χ0) is 37.7. The highest BCUT2D eigenvalue weighted by atomic mass is 16.2. The van der Waals surface area contributed by atoms with E-state index in [1.807, 2.05) is 23.3 Å². The molecular formula is C29H71B6N9O6. The van der Waals surface area contributed by atoms with Crippen molar-refractivity contribution in [2.24, 2.45) is 11.0 Å². The van der Waals surface area contributed by atoms with Gasteiger partial charge in [-0.15, -0.1) is 0 Å². The van der Waals surface area contributed by atoms with Crippen LogP contribution in [-0.4, -0.2) is 164 Å². The monoisotopic (exact) mass is 708 g/mol. The lowest BCUT2D eigenvalue weighted by molar-refractivity contribution is 0.234. The van der Waals surface area contributed by atoms with Crippen molar-refractivity contribution in [2.45, 2.75) is 112 Å². The molecule has 0 heterocycles. The molecule has 0 aliphatic heterocycles. The van der Waals surface area contributed by atoms with Crippen molar-refractivity contribution in [3.63, 3.8) is 0 Å². The Bertz CT molecular complexity index is 793. The Morgan fingerprint density at radius 3 is 1.24 bits per heavy atom. The first kappa shape index (κ1) is 49.2. The average Bonchev–Trinajstić information content (AvgIpc) is 3.03. The summed E-state index contributed by atoms with van der Waals surface area (Å²) in [7, 11) is -3.41. The maximum absolute atomic E-state index is 10.8. The van der Waals surface area contributed by atoms with Gasteiger partial charge in [-0.3, -0.25) is 0 Å². The van der Waals surface area contributed by atoms with Crippen molar-refractivity contribution >= 4 is 42.3 Å². The van der Waals surface area contributed by atoms with Gasteiger partial charge in [0.1, 0.15) is 0 Å². The standard InChI is InChI=1S/C29H71B6N9O6/c1-30(45)37-18-15-25-41(32(3)47)21-11-13-23-43(34(5)49)27-29(17-9-7-8-10-20-39-40-36)28-44(35(6)50)24-14-12-22-42(33(4)48)26-16-19-38-31(2)46/h29,37-38,45-50H,7-28H2,1-6H3. The zero-order valence-corrected chi connectivity index (χ0v) is 32.4. The third-order valence-corrected chi connectivity index (χ3v) is 9.19. The molecule has 0 atom stereocenters. The lowest BCUT2D eigenvalue weighted by Gasteiger charge is -2.33. The van der Waals surface area contributed by atoms with E-state index in [1.165, 1.54) is 0 Å². The van der Waals surface area contributed by atoms with Crippen molar-refractivity contribution in [3.8, 4) is 0 Å². The van der Waals surface area contributed by atoms with Gasteiger partial charge in [-0.05, 0) is 169 Å². The van der Waals surface area contributed by atoms with Gasteiger partial charge in [0.2, 0.25) is 0 Å². The summed E-state index contributed by atoms with van der Waals surface area (Å²) >= 11 is 0. The maximum atomic E-state index is 10.8. The highest BCUT2D eigenvalue weighted by Gasteiger charge is 2.25. The fourth-order valence-electron chi connectivity index (χ4n) is 6.20. The molecule has 0 aliphatic carbocycles. The number of hydrogen-bond donors (Lipinski definition) is 8. The Morgan fingerprint density at radius 2 is 0.880 bits per heavy atom. The number of hydrogen-bond acceptors (Lipinski definition) is 13. The molecule has 0 rings (SSSR count). The smallest absolute Gasteiger partial charge is 0.376 e. The summed E-state index contributed by atoms with van der Waals surface area (Å²) in [4.78, 5) is 11.2. The van der Waals surface area contributed by atoms with Crippen molar-refractivity contribution in [2.75, 3.05) is 72.0 Å². The molecular weight excluding hydrogens is 635 g/mol. The van der Waals surface area contributed by atoms with Crippen LogP contribution in [0.1, 0.15) is 70.6 Å². The van der Waals surface area contributed by atoms with E-state index in [0.717, 1.165) is 110 Å².